The standard InChI is InChI=1S/C31H33N3O6S/c35-17-15-33-31(37)25-12-6-7-13-29(25)41(38,39)20-26-24-11-5-4-10-23(24)18-27(36)30(26)40-28(19-34-16-14-32-21-34)22-8-2-1-3-9-22/h1-3,6-9,12-14,16,18,21,28,35-36H,4-5,10-11,15,17,19-20H2,(H,33,37)/t28-/m1/s1. The van der Waals surface area contributed by atoms with Crippen molar-refractivity contribution in [1.82, 2.24) is 14.9 Å². The van der Waals surface area contributed by atoms with Gasteiger partial charge in [-0.15, -0.1) is 0 Å². The molecule has 4 aromatic rings. The molecular weight excluding hydrogens is 542 g/mol. The third kappa shape index (κ3) is 6.44. The van der Waals surface area contributed by atoms with E-state index in [9.17, 15) is 18.3 Å². The van der Waals surface area contributed by atoms with E-state index in [1.54, 1.807) is 30.7 Å². The van der Waals surface area contributed by atoms with Crippen molar-refractivity contribution < 1.29 is 28.2 Å². The Kier molecular flexibility index (Phi) is 8.70. The number of carbonyl (C=O) groups is 1. The second-order valence-corrected chi connectivity index (χ2v) is 12.0. The van der Waals surface area contributed by atoms with Crippen LogP contribution in [0, 0.1) is 0 Å². The zero-order valence-electron chi connectivity index (χ0n) is 22.6. The fourth-order valence-electron chi connectivity index (χ4n) is 5.30. The smallest absolute Gasteiger partial charge is 0.252 e. The lowest BCUT2D eigenvalue weighted by atomic mass is 9.88. The van der Waals surface area contributed by atoms with Crippen molar-refractivity contribution in [3.63, 3.8) is 0 Å². The molecule has 1 aliphatic carbocycles. The number of sulfone groups is 1. The molecule has 1 amide bonds. The number of aromatic nitrogens is 2. The number of rotatable bonds is 11. The third-order valence-corrected chi connectivity index (χ3v) is 8.95. The number of carbonyl (C=O) groups excluding carboxylic acids is 1. The van der Waals surface area contributed by atoms with Crippen LogP contribution in [0.1, 0.15) is 51.6 Å². The molecule has 1 aliphatic rings. The van der Waals surface area contributed by atoms with E-state index in [4.69, 9.17) is 9.84 Å². The second-order valence-electron chi connectivity index (χ2n) is 10.1. The summed E-state index contributed by atoms with van der Waals surface area (Å²) >= 11 is 0. The first-order valence-electron chi connectivity index (χ1n) is 13.6. The van der Waals surface area contributed by atoms with Gasteiger partial charge in [0.15, 0.2) is 21.3 Å². The summed E-state index contributed by atoms with van der Waals surface area (Å²) in [7, 11) is -4.07. The van der Waals surface area contributed by atoms with Crippen molar-refractivity contribution in [2.75, 3.05) is 13.2 Å². The van der Waals surface area contributed by atoms with Crippen LogP contribution in [0.5, 0.6) is 11.5 Å². The number of phenols is 1. The summed E-state index contributed by atoms with van der Waals surface area (Å²) in [6, 6.07) is 17.3. The van der Waals surface area contributed by atoms with Crippen LogP contribution in [0.3, 0.4) is 0 Å². The van der Waals surface area contributed by atoms with Crippen molar-refractivity contribution in [3.8, 4) is 11.5 Å². The average Bonchev–Trinajstić information content (AvgIpc) is 3.50. The Balaban J connectivity index is 1.58. The lowest BCUT2D eigenvalue weighted by molar-refractivity contribution is 0.0941. The molecule has 3 N–H and O–H groups in total. The first-order chi connectivity index (χ1) is 19.9. The van der Waals surface area contributed by atoms with Crippen LogP contribution in [-0.4, -0.2) is 47.2 Å². The number of imidazole rings is 1. The van der Waals surface area contributed by atoms with Crippen molar-refractivity contribution >= 4 is 15.7 Å². The molecule has 5 rings (SSSR count). The molecule has 41 heavy (non-hydrogen) atoms. The Bertz CT molecular complexity index is 1600. The zero-order valence-corrected chi connectivity index (χ0v) is 23.4. The molecule has 0 radical (unpaired) electrons. The lowest BCUT2D eigenvalue weighted by Crippen LogP contribution is -2.28. The Hall–Kier alpha value is -4.15. The quantitative estimate of drug-likeness (QED) is 0.247. The van der Waals surface area contributed by atoms with Crippen LogP contribution in [-0.2, 0) is 35.0 Å². The number of amides is 1. The third-order valence-electron chi connectivity index (χ3n) is 7.26. The molecule has 1 heterocycles. The summed E-state index contributed by atoms with van der Waals surface area (Å²) in [5.74, 6) is -1.02. The topological polar surface area (TPSA) is 131 Å². The SMILES string of the molecule is O=C(NCCO)c1ccccc1S(=O)(=O)Cc1c2c(cc(O)c1O[C@H](Cn1ccnc1)c1ccccc1)CCCC2. The van der Waals surface area contributed by atoms with Crippen LogP contribution >= 0.6 is 0 Å². The molecule has 10 heteroatoms. The highest BCUT2D eigenvalue weighted by Gasteiger charge is 2.30. The van der Waals surface area contributed by atoms with Crippen LogP contribution in [0.15, 0.2) is 84.3 Å². The van der Waals surface area contributed by atoms with Gasteiger partial charge < -0.3 is 24.8 Å². The minimum Gasteiger partial charge on any atom is -0.504 e. The largest absolute Gasteiger partial charge is 0.504 e. The lowest BCUT2D eigenvalue weighted by Gasteiger charge is -2.27. The van der Waals surface area contributed by atoms with E-state index in [1.165, 1.54) is 12.1 Å². The number of nitrogens with zero attached hydrogens (tertiary/aromatic N) is 2. The van der Waals surface area contributed by atoms with E-state index in [1.807, 2.05) is 41.1 Å². The van der Waals surface area contributed by atoms with Crippen LogP contribution in [0.2, 0.25) is 0 Å². The summed E-state index contributed by atoms with van der Waals surface area (Å²) in [6.07, 6.45) is 7.84. The number of aryl methyl sites for hydroxylation is 1. The van der Waals surface area contributed by atoms with Gasteiger partial charge in [0.2, 0.25) is 0 Å². The van der Waals surface area contributed by atoms with E-state index < -0.39 is 27.6 Å². The van der Waals surface area contributed by atoms with Gasteiger partial charge in [0.1, 0.15) is 6.10 Å². The molecule has 0 saturated heterocycles. The maximum absolute atomic E-state index is 14.0. The number of hydrogen-bond donors (Lipinski definition) is 3. The number of aromatic hydroxyl groups is 1. The molecule has 3 aromatic carbocycles. The van der Waals surface area contributed by atoms with E-state index in [2.05, 4.69) is 10.3 Å². The van der Waals surface area contributed by atoms with Gasteiger partial charge in [-0.25, -0.2) is 13.4 Å². The van der Waals surface area contributed by atoms with Gasteiger partial charge in [-0.3, -0.25) is 4.79 Å². The number of phenolic OH excluding ortho intramolecular Hbond substituents is 1. The molecule has 0 bridgehead atoms. The number of aliphatic hydroxyl groups excluding tert-OH is 1. The number of fused-ring (bicyclic) bond motifs is 1. The summed E-state index contributed by atoms with van der Waals surface area (Å²) in [4.78, 5) is 16.8. The van der Waals surface area contributed by atoms with E-state index in [-0.39, 0.29) is 35.1 Å². The number of ether oxygens (including phenoxy) is 1. The number of benzene rings is 3. The van der Waals surface area contributed by atoms with Crippen molar-refractivity contribution in [3.05, 3.63) is 107 Å². The summed E-state index contributed by atoms with van der Waals surface area (Å²) in [5, 5.41) is 22.9. The monoisotopic (exact) mass is 575 g/mol. The molecule has 214 valence electrons. The van der Waals surface area contributed by atoms with Crippen LogP contribution in [0.25, 0.3) is 0 Å². The fourth-order valence-corrected chi connectivity index (χ4v) is 6.93. The predicted octanol–water partition coefficient (Wildman–Crippen LogP) is 3.98. The summed E-state index contributed by atoms with van der Waals surface area (Å²) in [6.45, 7) is 0.127. The normalized spacial score (nSPS) is 13.8. The Labute approximate surface area is 239 Å². The Morgan fingerprint density at radius 3 is 2.59 bits per heavy atom. The molecule has 0 fully saturated rings. The molecule has 1 atom stereocenters. The Morgan fingerprint density at radius 2 is 1.83 bits per heavy atom. The number of aliphatic hydroxyl groups is 1. The van der Waals surface area contributed by atoms with Gasteiger partial charge in [-0.2, -0.15) is 0 Å². The van der Waals surface area contributed by atoms with Gasteiger partial charge in [0.05, 0.1) is 35.7 Å². The highest BCUT2D eigenvalue weighted by molar-refractivity contribution is 7.90. The maximum Gasteiger partial charge on any atom is 0.252 e. The number of nitrogens with one attached hydrogen (secondary N) is 1. The van der Waals surface area contributed by atoms with Gasteiger partial charge in [0, 0.05) is 24.5 Å². The summed E-state index contributed by atoms with van der Waals surface area (Å²) < 4.78 is 36.4. The van der Waals surface area contributed by atoms with E-state index >= 15 is 0 Å². The highest BCUT2D eigenvalue weighted by Crippen LogP contribution is 2.42. The zero-order chi connectivity index (χ0) is 28.8. The number of hydrogen-bond acceptors (Lipinski definition) is 7. The van der Waals surface area contributed by atoms with Gasteiger partial charge >= 0.3 is 0 Å². The Morgan fingerprint density at radius 1 is 1.07 bits per heavy atom. The summed E-state index contributed by atoms with van der Waals surface area (Å²) in [5.41, 5.74) is 3.05. The van der Waals surface area contributed by atoms with Crippen molar-refractivity contribution in [2.45, 2.75) is 49.0 Å². The van der Waals surface area contributed by atoms with Crippen LogP contribution < -0.4 is 10.1 Å². The molecule has 0 unspecified atom stereocenters. The molecule has 0 spiro atoms. The maximum atomic E-state index is 14.0. The van der Waals surface area contributed by atoms with Crippen molar-refractivity contribution in [1.29, 1.82) is 0 Å². The van der Waals surface area contributed by atoms with E-state index in [0.29, 0.717) is 18.5 Å². The molecule has 0 aliphatic heterocycles. The van der Waals surface area contributed by atoms with Crippen LogP contribution in [0.4, 0.5) is 0 Å². The highest BCUT2D eigenvalue weighted by atomic mass is 32.2. The molecule has 9 nitrogen and oxygen atoms in total. The molecule has 1 aromatic heterocycles. The molecular formula is C31H33N3O6S. The first-order valence-corrected chi connectivity index (χ1v) is 15.3. The van der Waals surface area contributed by atoms with Crippen molar-refractivity contribution in [2.24, 2.45) is 0 Å². The minimum atomic E-state index is -4.07. The molecule has 0 saturated carbocycles. The first kappa shape index (κ1) is 28.4. The average molecular weight is 576 g/mol. The predicted molar refractivity (Wildman–Crippen MR) is 154 cm³/mol. The van der Waals surface area contributed by atoms with E-state index in [0.717, 1.165) is 36.0 Å². The van der Waals surface area contributed by atoms with Gasteiger partial charge in [0.25, 0.3) is 5.91 Å². The van der Waals surface area contributed by atoms with Gasteiger partial charge in [-0.05, 0) is 60.6 Å². The second kappa shape index (κ2) is 12.6. The minimum absolute atomic E-state index is 0.000270. The van der Waals surface area contributed by atoms with Gasteiger partial charge in [-0.1, -0.05) is 42.5 Å². The fraction of sp³-hybridized carbons (Fsp3) is 0.290.